The Morgan fingerprint density at radius 2 is 1.83 bits per heavy atom. The Balaban J connectivity index is 1.42. The normalized spacial score (nSPS) is 15.6. The van der Waals surface area contributed by atoms with Crippen LogP contribution in [-0.4, -0.2) is 69.7 Å². The molecule has 29 heavy (non-hydrogen) atoms. The number of nitrogens with zero attached hydrogens (tertiary/aromatic N) is 5. The second-order valence-electron chi connectivity index (χ2n) is 6.72. The van der Waals surface area contributed by atoms with Crippen LogP contribution < -0.4 is 0 Å². The highest BCUT2D eigenvalue weighted by molar-refractivity contribution is 7.89. The first-order chi connectivity index (χ1) is 13.8. The second-order valence-corrected chi connectivity index (χ2v) is 9.09. The molecule has 0 bridgehead atoms. The van der Waals surface area contributed by atoms with Crippen molar-refractivity contribution in [1.82, 2.24) is 29.2 Å². The van der Waals surface area contributed by atoms with Crippen LogP contribution in [0.2, 0.25) is 5.02 Å². The average molecular weight is 435 g/mol. The number of carbonyl (C=O) groups excluding carboxylic acids is 1. The summed E-state index contributed by atoms with van der Waals surface area (Å²) in [5, 5.41) is 11.5. The van der Waals surface area contributed by atoms with Crippen LogP contribution in [0.25, 0.3) is 11.3 Å². The van der Waals surface area contributed by atoms with Gasteiger partial charge in [-0.05, 0) is 18.2 Å². The van der Waals surface area contributed by atoms with Crippen molar-refractivity contribution in [2.24, 2.45) is 7.05 Å². The molecular formula is C18H19ClN6O3S. The van der Waals surface area contributed by atoms with Gasteiger partial charge >= 0.3 is 0 Å². The van der Waals surface area contributed by atoms with E-state index in [4.69, 9.17) is 11.6 Å². The lowest BCUT2D eigenvalue weighted by Gasteiger charge is -2.33. The van der Waals surface area contributed by atoms with Crippen LogP contribution in [0.5, 0.6) is 0 Å². The van der Waals surface area contributed by atoms with E-state index in [0.717, 1.165) is 5.56 Å². The summed E-state index contributed by atoms with van der Waals surface area (Å²) in [7, 11) is -1.94. The minimum absolute atomic E-state index is 0.154. The maximum atomic E-state index is 12.8. The standard InChI is InChI=1S/C18H19ClN6O3S/c1-23-12-15(11-20-23)29(27,28)25-8-6-24(7-9-25)18(26)17-10-16(21-22-17)13-2-4-14(19)5-3-13/h2-5,10-12H,6-9H2,1H3,(H,21,22). The van der Waals surface area contributed by atoms with Crippen molar-refractivity contribution in [2.45, 2.75) is 4.90 Å². The molecule has 1 aromatic carbocycles. The summed E-state index contributed by atoms with van der Waals surface area (Å²) in [5.41, 5.74) is 1.85. The number of hydrogen-bond donors (Lipinski definition) is 1. The molecule has 1 amide bonds. The summed E-state index contributed by atoms with van der Waals surface area (Å²) in [5.74, 6) is -0.212. The van der Waals surface area contributed by atoms with E-state index in [1.54, 1.807) is 30.1 Å². The van der Waals surface area contributed by atoms with E-state index in [1.807, 2.05) is 12.1 Å². The molecule has 0 radical (unpaired) electrons. The third-order valence-corrected chi connectivity index (χ3v) is 6.90. The summed E-state index contributed by atoms with van der Waals surface area (Å²) in [6, 6.07) is 8.86. The molecule has 0 spiro atoms. The Labute approximate surface area is 172 Å². The van der Waals surface area contributed by atoms with E-state index < -0.39 is 10.0 Å². The number of amides is 1. The number of piperazine rings is 1. The number of halogens is 1. The van der Waals surface area contributed by atoms with Gasteiger partial charge in [-0.1, -0.05) is 23.7 Å². The molecule has 1 aliphatic heterocycles. The predicted octanol–water partition coefficient (Wildman–Crippen LogP) is 1.61. The molecule has 0 atom stereocenters. The van der Waals surface area contributed by atoms with Gasteiger partial charge in [-0.15, -0.1) is 0 Å². The summed E-state index contributed by atoms with van der Waals surface area (Å²) in [6.07, 6.45) is 2.80. The molecule has 3 heterocycles. The Hall–Kier alpha value is -2.69. The SMILES string of the molecule is Cn1cc(S(=O)(=O)N2CCN(C(=O)c3cc(-c4ccc(Cl)cc4)n[nH]3)CC2)cn1. The molecule has 0 unspecified atom stereocenters. The summed E-state index contributed by atoms with van der Waals surface area (Å²) < 4.78 is 28.2. The highest BCUT2D eigenvalue weighted by Gasteiger charge is 2.31. The van der Waals surface area contributed by atoms with Crippen LogP contribution in [0.15, 0.2) is 47.6 Å². The van der Waals surface area contributed by atoms with Gasteiger partial charge in [-0.2, -0.15) is 14.5 Å². The van der Waals surface area contributed by atoms with Crippen LogP contribution in [0.3, 0.4) is 0 Å². The number of carbonyl (C=O) groups is 1. The van der Waals surface area contributed by atoms with Gasteiger partial charge in [0.25, 0.3) is 5.91 Å². The number of aryl methyl sites for hydroxylation is 1. The first kappa shape index (κ1) is 19.6. The maximum Gasteiger partial charge on any atom is 0.271 e. The Morgan fingerprint density at radius 1 is 1.14 bits per heavy atom. The van der Waals surface area contributed by atoms with Crippen molar-refractivity contribution < 1.29 is 13.2 Å². The van der Waals surface area contributed by atoms with Gasteiger partial charge in [0.15, 0.2) is 0 Å². The van der Waals surface area contributed by atoms with E-state index in [9.17, 15) is 13.2 Å². The van der Waals surface area contributed by atoms with Gasteiger partial charge in [0, 0.05) is 50.0 Å². The van der Waals surface area contributed by atoms with E-state index in [0.29, 0.717) is 29.5 Å². The highest BCUT2D eigenvalue weighted by atomic mass is 35.5. The van der Waals surface area contributed by atoms with E-state index in [2.05, 4.69) is 15.3 Å². The quantitative estimate of drug-likeness (QED) is 0.671. The average Bonchev–Trinajstić information content (AvgIpc) is 3.38. The monoisotopic (exact) mass is 434 g/mol. The van der Waals surface area contributed by atoms with Crippen LogP contribution in [0.1, 0.15) is 10.5 Å². The number of aromatic amines is 1. The zero-order valence-electron chi connectivity index (χ0n) is 15.6. The topological polar surface area (TPSA) is 104 Å². The third-order valence-electron chi connectivity index (χ3n) is 4.79. The van der Waals surface area contributed by atoms with Crippen LogP contribution >= 0.6 is 11.6 Å². The molecule has 2 aromatic heterocycles. The zero-order chi connectivity index (χ0) is 20.6. The Morgan fingerprint density at radius 3 is 2.45 bits per heavy atom. The van der Waals surface area contributed by atoms with Crippen LogP contribution in [0.4, 0.5) is 0 Å². The van der Waals surface area contributed by atoms with E-state index in [-0.39, 0.29) is 23.9 Å². The molecule has 1 saturated heterocycles. The molecule has 0 saturated carbocycles. The van der Waals surface area contributed by atoms with E-state index >= 15 is 0 Å². The van der Waals surface area contributed by atoms with E-state index in [1.165, 1.54) is 21.4 Å². The van der Waals surface area contributed by atoms with Crippen molar-refractivity contribution in [2.75, 3.05) is 26.2 Å². The number of H-pyrrole nitrogens is 1. The highest BCUT2D eigenvalue weighted by Crippen LogP contribution is 2.22. The number of benzene rings is 1. The molecule has 3 aromatic rings. The van der Waals surface area contributed by atoms with Crippen molar-refractivity contribution in [3.8, 4) is 11.3 Å². The van der Waals surface area contributed by atoms with Crippen LogP contribution in [-0.2, 0) is 17.1 Å². The molecule has 1 N–H and O–H groups in total. The summed E-state index contributed by atoms with van der Waals surface area (Å²) >= 11 is 5.90. The minimum atomic E-state index is -3.61. The minimum Gasteiger partial charge on any atom is -0.335 e. The van der Waals surface area contributed by atoms with Gasteiger partial charge in [0.1, 0.15) is 10.6 Å². The first-order valence-electron chi connectivity index (χ1n) is 8.94. The predicted molar refractivity (Wildman–Crippen MR) is 107 cm³/mol. The fraction of sp³-hybridized carbons (Fsp3) is 0.278. The van der Waals surface area contributed by atoms with Crippen molar-refractivity contribution in [3.05, 3.63) is 53.4 Å². The van der Waals surface area contributed by atoms with Crippen molar-refractivity contribution in [3.63, 3.8) is 0 Å². The Bertz CT molecular complexity index is 1130. The number of hydrogen-bond acceptors (Lipinski definition) is 5. The van der Waals surface area contributed by atoms with Crippen molar-refractivity contribution in [1.29, 1.82) is 0 Å². The second kappa shape index (κ2) is 7.62. The third kappa shape index (κ3) is 3.91. The fourth-order valence-corrected chi connectivity index (χ4v) is 4.72. The smallest absolute Gasteiger partial charge is 0.271 e. The fourth-order valence-electron chi connectivity index (χ4n) is 3.18. The number of aromatic nitrogens is 4. The molecule has 4 rings (SSSR count). The summed E-state index contributed by atoms with van der Waals surface area (Å²) in [6.45, 7) is 1.05. The number of rotatable bonds is 4. The molecule has 9 nitrogen and oxygen atoms in total. The van der Waals surface area contributed by atoms with Crippen molar-refractivity contribution >= 4 is 27.5 Å². The Kier molecular flexibility index (Phi) is 5.15. The largest absolute Gasteiger partial charge is 0.335 e. The van der Waals surface area contributed by atoms with Gasteiger partial charge in [0.05, 0.1) is 11.9 Å². The molecular weight excluding hydrogens is 416 g/mol. The first-order valence-corrected chi connectivity index (χ1v) is 10.8. The number of sulfonamides is 1. The molecule has 1 aliphatic rings. The number of nitrogens with one attached hydrogen (secondary N) is 1. The molecule has 0 aliphatic carbocycles. The summed E-state index contributed by atoms with van der Waals surface area (Å²) in [4.78, 5) is 14.6. The molecule has 1 fully saturated rings. The lowest BCUT2D eigenvalue weighted by Crippen LogP contribution is -2.50. The lowest BCUT2D eigenvalue weighted by atomic mass is 10.1. The zero-order valence-corrected chi connectivity index (χ0v) is 17.2. The molecule has 11 heteroatoms. The maximum absolute atomic E-state index is 12.8. The van der Waals surface area contributed by atoms with Gasteiger partial charge in [0.2, 0.25) is 10.0 Å². The lowest BCUT2D eigenvalue weighted by molar-refractivity contribution is 0.0692. The van der Waals surface area contributed by atoms with Gasteiger partial charge in [-0.3, -0.25) is 14.6 Å². The van der Waals surface area contributed by atoms with Gasteiger partial charge in [-0.25, -0.2) is 8.42 Å². The molecule has 152 valence electrons. The van der Waals surface area contributed by atoms with Gasteiger partial charge < -0.3 is 4.90 Å². The van der Waals surface area contributed by atoms with Crippen LogP contribution in [0, 0.1) is 0 Å².